The molecule has 0 aromatic carbocycles. The zero-order valence-corrected chi connectivity index (χ0v) is 6.30. The zero-order chi connectivity index (χ0) is 7.68. The molecule has 0 fully saturated rings. The Morgan fingerprint density at radius 1 is 1.64 bits per heavy atom. The van der Waals surface area contributed by atoms with E-state index in [0.29, 0.717) is 6.54 Å². The van der Waals surface area contributed by atoms with Gasteiger partial charge in [-0.05, 0) is 18.1 Å². The lowest BCUT2D eigenvalue weighted by Gasteiger charge is -2.02. The first kappa shape index (κ1) is 6.61. The first-order chi connectivity index (χ1) is 5.42. The molecular formula is C8H11N3. The molecule has 0 amide bonds. The van der Waals surface area contributed by atoms with Crippen molar-refractivity contribution in [3.8, 4) is 0 Å². The topological polar surface area (TPSA) is 50.9 Å². The maximum Gasteiger partial charge on any atom is 0.129 e. The average molecular weight is 149 g/mol. The van der Waals surface area contributed by atoms with Crippen molar-refractivity contribution < 1.29 is 0 Å². The maximum atomic E-state index is 5.57. The molecule has 0 bridgehead atoms. The summed E-state index contributed by atoms with van der Waals surface area (Å²) in [6.07, 6.45) is 2.87. The van der Waals surface area contributed by atoms with Crippen LogP contribution in [-0.2, 0) is 13.0 Å². The van der Waals surface area contributed by atoms with Crippen molar-refractivity contribution in [2.75, 3.05) is 11.9 Å². The summed E-state index contributed by atoms with van der Waals surface area (Å²) in [6, 6.07) is 1.99. The third kappa shape index (κ3) is 0.973. The van der Waals surface area contributed by atoms with Crippen molar-refractivity contribution in [1.29, 1.82) is 0 Å². The van der Waals surface area contributed by atoms with Crippen molar-refractivity contribution in [2.45, 2.75) is 13.0 Å². The number of pyridine rings is 1. The van der Waals surface area contributed by atoms with Gasteiger partial charge in [0.2, 0.25) is 0 Å². The molecule has 0 radical (unpaired) electrons. The number of aromatic nitrogens is 1. The van der Waals surface area contributed by atoms with E-state index in [1.807, 2.05) is 6.07 Å². The summed E-state index contributed by atoms with van der Waals surface area (Å²) in [5.41, 5.74) is 8.09. The smallest absolute Gasteiger partial charge is 0.129 e. The minimum Gasteiger partial charge on any atom is -0.370 e. The predicted octanol–water partition coefficient (Wildman–Crippen LogP) is 0.508. The summed E-state index contributed by atoms with van der Waals surface area (Å²) in [5.74, 6) is 1.02. The summed E-state index contributed by atoms with van der Waals surface area (Å²) in [6.45, 7) is 1.62. The Kier molecular flexibility index (Phi) is 1.51. The van der Waals surface area contributed by atoms with Crippen molar-refractivity contribution in [1.82, 2.24) is 4.98 Å². The lowest BCUT2D eigenvalue weighted by Crippen LogP contribution is -2.00. The molecule has 3 heteroatoms. The second kappa shape index (κ2) is 2.51. The van der Waals surface area contributed by atoms with Gasteiger partial charge < -0.3 is 11.1 Å². The van der Waals surface area contributed by atoms with E-state index in [2.05, 4.69) is 10.3 Å². The number of nitrogens with one attached hydrogen (secondary N) is 1. The normalized spacial score (nSPS) is 14.3. The highest BCUT2D eigenvalue weighted by Gasteiger charge is 2.13. The van der Waals surface area contributed by atoms with Crippen LogP contribution in [0, 0.1) is 0 Å². The van der Waals surface area contributed by atoms with Gasteiger partial charge in [-0.25, -0.2) is 4.98 Å². The number of hydrogen-bond donors (Lipinski definition) is 2. The minimum atomic E-state index is 0.618. The van der Waals surface area contributed by atoms with E-state index in [1.54, 1.807) is 6.20 Å². The third-order valence-electron chi connectivity index (χ3n) is 2.04. The summed E-state index contributed by atoms with van der Waals surface area (Å²) in [4.78, 5) is 4.20. The molecule has 0 saturated carbocycles. The van der Waals surface area contributed by atoms with Crippen LogP contribution in [0.1, 0.15) is 11.1 Å². The first-order valence-corrected chi connectivity index (χ1v) is 3.82. The van der Waals surface area contributed by atoms with E-state index < -0.39 is 0 Å². The molecule has 0 saturated heterocycles. The largest absolute Gasteiger partial charge is 0.370 e. The number of rotatable bonds is 1. The van der Waals surface area contributed by atoms with Crippen molar-refractivity contribution in [3.63, 3.8) is 0 Å². The van der Waals surface area contributed by atoms with E-state index in [1.165, 1.54) is 11.1 Å². The van der Waals surface area contributed by atoms with Crippen molar-refractivity contribution in [2.24, 2.45) is 5.73 Å². The number of anilines is 1. The van der Waals surface area contributed by atoms with E-state index in [4.69, 9.17) is 5.73 Å². The number of hydrogen-bond acceptors (Lipinski definition) is 3. The number of nitrogens with two attached hydrogens (primary N) is 1. The molecule has 2 rings (SSSR count). The van der Waals surface area contributed by atoms with E-state index in [0.717, 1.165) is 18.8 Å². The summed E-state index contributed by atoms with van der Waals surface area (Å²) in [5, 5.41) is 3.21. The van der Waals surface area contributed by atoms with Crippen LogP contribution >= 0.6 is 0 Å². The van der Waals surface area contributed by atoms with Gasteiger partial charge in [-0.2, -0.15) is 0 Å². The van der Waals surface area contributed by atoms with Crippen molar-refractivity contribution >= 4 is 5.82 Å². The second-order valence-electron chi connectivity index (χ2n) is 2.68. The molecule has 0 unspecified atom stereocenters. The molecule has 0 spiro atoms. The molecule has 1 aliphatic heterocycles. The Morgan fingerprint density at radius 2 is 2.55 bits per heavy atom. The van der Waals surface area contributed by atoms with Crippen LogP contribution in [0.2, 0.25) is 0 Å². The number of fused-ring (bicyclic) bond motifs is 1. The third-order valence-corrected chi connectivity index (χ3v) is 2.04. The van der Waals surface area contributed by atoms with Gasteiger partial charge in [0, 0.05) is 24.8 Å². The van der Waals surface area contributed by atoms with Crippen molar-refractivity contribution in [3.05, 3.63) is 23.4 Å². The lowest BCUT2D eigenvalue weighted by molar-refractivity contribution is 1.01. The lowest BCUT2D eigenvalue weighted by atomic mass is 10.1. The van der Waals surface area contributed by atoms with Gasteiger partial charge in [0.15, 0.2) is 0 Å². The van der Waals surface area contributed by atoms with Gasteiger partial charge in [-0.3, -0.25) is 0 Å². The Bertz CT molecular complexity index is 270. The van der Waals surface area contributed by atoms with Gasteiger partial charge in [0.05, 0.1) is 0 Å². The second-order valence-corrected chi connectivity index (χ2v) is 2.68. The Balaban J connectivity index is 2.50. The molecule has 58 valence electrons. The van der Waals surface area contributed by atoms with E-state index in [-0.39, 0.29) is 0 Å². The molecule has 2 heterocycles. The molecular weight excluding hydrogens is 138 g/mol. The molecule has 0 atom stereocenters. The molecule has 1 aliphatic rings. The minimum absolute atomic E-state index is 0.618. The predicted molar refractivity (Wildman–Crippen MR) is 44.3 cm³/mol. The SMILES string of the molecule is NCc1ccnc2c1CCN2. The highest BCUT2D eigenvalue weighted by atomic mass is 15.0. The zero-order valence-electron chi connectivity index (χ0n) is 6.30. The fourth-order valence-electron chi connectivity index (χ4n) is 1.46. The molecule has 1 aromatic heterocycles. The average Bonchev–Trinajstić information content (AvgIpc) is 2.50. The van der Waals surface area contributed by atoms with Crippen LogP contribution in [0.4, 0.5) is 5.82 Å². The fraction of sp³-hybridized carbons (Fsp3) is 0.375. The summed E-state index contributed by atoms with van der Waals surface area (Å²) >= 11 is 0. The summed E-state index contributed by atoms with van der Waals surface area (Å²) < 4.78 is 0. The Morgan fingerprint density at radius 3 is 3.36 bits per heavy atom. The number of nitrogens with zero attached hydrogens (tertiary/aromatic N) is 1. The van der Waals surface area contributed by atoms with Crippen LogP contribution in [0.3, 0.4) is 0 Å². The Labute approximate surface area is 65.6 Å². The summed E-state index contributed by atoms with van der Waals surface area (Å²) in [7, 11) is 0. The Hall–Kier alpha value is -1.09. The monoisotopic (exact) mass is 149 g/mol. The standard InChI is InChI=1S/C8H11N3/c9-5-6-1-3-10-8-7(6)2-4-11-8/h1,3H,2,4-5,9H2,(H,10,11). The molecule has 3 N–H and O–H groups in total. The van der Waals surface area contributed by atoms with Gasteiger partial charge >= 0.3 is 0 Å². The van der Waals surface area contributed by atoms with E-state index in [9.17, 15) is 0 Å². The fourth-order valence-corrected chi connectivity index (χ4v) is 1.46. The molecule has 11 heavy (non-hydrogen) atoms. The van der Waals surface area contributed by atoms with Crippen LogP contribution in [0.25, 0.3) is 0 Å². The van der Waals surface area contributed by atoms with Crippen LogP contribution in [0.15, 0.2) is 12.3 Å². The van der Waals surface area contributed by atoms with Gasteiger partial charge in [0.25, 0.3) is 0 Å². The van der Waals surface area contributed by atoms with E-state index >= 15 is 0 Å². The molecule has 0 aliphatic carbocycles. The first-order valence-electron chi connectivity index (χ1n) is 3.82. The maximum absolute atomic E-state index is 5.57. The van der Waals surface area contributed by atoms with Gasteiger partial charge in [-0.1, -0.05) is 0 Å². The van der Waals surface area contributed by atoms with Crippen LogP contribution in [0.5, 0.6) is 0 Å². The van der Waals surface area contributed by atoms with Gasteiger partial charge in [-0.15, -0.1) is 0 Å². The highest BCUT2D eigenvalue weighted by molar-refractivity contribution is 5.52. The highest BCUT2D eigenvalue weighted by Crippen LogP contribution is 2.21. The van der Waals surface area contributed by atoms with Crippen LogP contribution < -0.4 is 11.1 Å². The molecule has 3 nitrogen and oxygen atoms in total. The quantitative estimate of drug-likeness (QED) is 0.611. The molecule has 1 aromatic rings. The van der Waals surface area contributed by atoms with Crippen LogP contribution in [-0.4, -0.2) is 11.5 Å². The van der Waals surface area contributed by atoms with Gasteiger partial charge in [0.1, 0.15) is 5.82 Å².